The van der Waals surface area contributed by atoms with E-state index in [4.69, 9.17) is 5.73 Å². The van der Waals surface area contributed by atoms with Crippen LogP contribution >= 0.6 is 0 Å². The third-order valence-electron chi connectivity index (χ3n) is 2.93. The highest BCUT2D eigenvalue weighted by atomic mass is 16.1. The van der Waals surface area contributed by atoms with Crippen molar-refractivity contribution in [1.29, 1.82) is 0 Å². The van der Waals surface area contributed by atoms with Crippen LogP contribution in [0, 0.1) is 0 Å². The molecule has 2 amide bonds. The van der Waals surface area contributed by atoms with Gasteiger partial charge in [0.15, 0.2) is 0 Å². The highest BCUT2D eigenvalue weighted by Crippen LogP contribution is 2.01. The van der Waals surface area contributed by atoms with Gasteiger partial charge in [0.05, 0.1) is 0 Å². The molecule has 5 nitrogen and oxygen atoms in total. The fraction of sp³-hybridized carbons (Fsp3) is 0.333. The highest BCUT2D eigenvalue weighted by molar-refractivity contribution is 5.91. The first-order chi connectivity index (χ1) is 10.9. The van der Waals surface area contributed by atoms with E-state index >= 15 is 0 Å². The number of carbonyl (C=O) groups is 2. The lowest BCUT2D eigenvalue weighted by molar-refractivity contribution is -0.116. The molecule has 0 bridgehead atoms. The quantitative estimate of drug-likeness (QED) is 0.719. The Balaban J connectivity index is 0.000000423. The van der Waals surface area contributed by atoms with Gasteiger partial charge in [0.25, 0.3) is 0 Å². The molecule has 0 unspecified atom stereocenters. The normalized spacial score (nSPS) is 9.52. The smallest absolute Gasteiger partial charge is 0.244 e. The maximum atomic E-state index is 10.8. The molecule has 0 aliphatic rings. The van der Waals surface area contributed by atoms with E-state index in [9.17, 15) is 9.59 Å². The monoisotopic (exact) mass is 317 g/mol. The predicted octanol–water partition coefficient (Wildman–Crippen LogP) is 1.86. The first kappa shape index (κ1) is 20.6. The molecule has 1 rings (SSSR count). The van der Waals surface area contributed by atoms with Crippen molar-refractivity contribution in [3.8, 4) is 0 Å². The molecule has 0 aromatic heterocycles. The Morgan fingerprint density at radius 2 is 1.87 bits per heavy atom. The van der Waals surface area contributed by atoms with Gasteiger partial charge in [-0.15, -0.1) is 0 Å². The fourth-order valence-corrected chi connectivity index (χ4v) is 1.59. The van der Waals surface area contributed by atoms with Gasteiger partial charge in [-0.1, -0.05) is 43.5 Å². The zero-order chi connectivity index (χ0) is 17.7. The molecule has 0 saturated carbocycles. The Hall–Kier alpha value is -2.40. The van der Waals surface area contributed by atoms with Crippen LogP contribution in [-0.2, 0) is 16.1 Å². The van der Waals surface area contributed by atoms with E-state index in [-0.39, 0.29) is 11.8 Å². The van der Waals surface area contributed by atoms with Crippen LogP contribution in [0.1, 0.15) is 18.4 Å². The molecule has 1 aromatic carbocycles. The molecule has 0 spiro atoms. The van der Waals surface area contributed by atoms with E-state index in [2.05, 4.69) is 23.4 Å². The summed E-state index contributed by atoms with van der Waals surface area (Å²) in [6, 6.07) is 9.75. The molecule has 0 aliphatic carbocycles. The minimum Gasteiger partial charge on any atom is -0.366 e. The zero-order valence-electron chi connectivity index (χ0n) is 14.0. The standard InChI is InChI=1S/C10H11NO.C8H16N2O/c1-2-10(12)11-8-9-6-4-3-5-7-9;1-7(8(9)11)5-4-6-10(2)3/h2-7H,1,8H2,(H,11,12);1,4-6H2,2-3H3,(H2,9,11). The first-order valence-corrected chi connectivity index (χ1v) is 7.43. The SMILES string of the molecule is C=C(CCCN(C)C)C(N)=O.C=CC(=O)NCc1ccccc1. The van der Waals surface area contributed by atoms with Gasteiger partial charge in [-0.3, -0.25) is 9.59 Å². The van der Waals surface area contributed by atoms with E-state index in [1.54, 1.807) is 0 Å². The van der Waals surface area contributed by atoms with Gasteiger partial charge >= 0.3 is 0 Å². The van der Waals surface area contributed by atoms with E-state index in [0.717, 1.165) is 18.5 Å². The third kappa shape index (κ3) is 11.9. The van der Waals surface area contributed by atoms with Gasteiger partial charge in [0, 0.05) is 12.1 Å². The molecule has 0 radical (unpaired) electrons. The molecule has 0 saturated heterocycles. The Kier molecular flexibility index (Phi) is 10.9. The number of amides is 2. The zero-order valence-corrected chi connectivity index (χ0v) is 14.0. The summed E-state index contributed by atoms with van der Waals surface area (Å²) in [6.45, 7) is 8.44. The van der Waals surface area contributed by atoms with Crippen molar-refractivity contribution < 1.29 is 9.59 Å². The van der Waals surface area contributed by atoms with E-state index in [0.29, 0.717) is 18.5 Å². The number of nitrogens with one attached hydrogen (secondary N) is 1. The first-order valence-electron chi connectivity index (χ1n) is 7.43. The summed E-state index contributed by atoms with van der Waals surface area (Å²) in [5, 5.41) is 2.69. The average molecular weight is 317 g/mol. The van der Waals surface area contributed by atoms with Crippen LogP contribution in [0.2, 0.25) is 0 Å². The van der Waals surface area contributed by atoms with Crippen molar-refractivity contribution in [2.24, 2.45) is 5.73 Å². The van der Waals surface area contributed by atoms with Gasteiger partial charge in [-0.25, -0.2) is 0 Å². The van der Waals surface area contributed by atoms with Crippen molar-refractivity contribution in [3.05, 3.63) is 60.7 Å². The number of primary amides is 1. The number of nitrogens with zero attached hydrogens (tertiary/aromatic N) is 1. The van der Waals surface area contributed by atoms with Crippen molar-refractivity contribution in [2.45, 2.75) is 19.4 Å². The fourth-order valence-electron chi connectivity index (χ4n) is 1.59. The third-order valence-corrected chi connectivity index (χ3v) is 2.93. The number of nitrogens with two attached hydrogens (primary N) is 1. The van der Waals surface area contributed by atoms with Gasteiger partial charge in [0.1, 0.15) is 0 Å². The molecule has 3 N–H and O–H groups in total. The average Bonchev–Trinajstić information content (AvgIpc) is 2.53. The molecular formula is C18H27N3O2. The maximum absolute atomic E-state index is 10.8. The number of rotatable bonds is 8. The lowest BCUT2D eigenvalue weighted by Crippen LogP contribution is -2.19. The molecule has 0 heterocycles. The van der Waals surface area contributed by atoms with E-state index in [1.165, 1.54) is 6.08 Å². The van der Waals surface area contributed by atoms with Gasteiger partial charge in [0.2, 0.25) is 11.8 Å². The second-order valence-electron chi connectivity index (χ2n) is 5.28. The number of carbonyl (C=O) groups excluding carboxylic acids is 2. The summed E-state index contributed by atoms with van der Waals surface area (Å²) in [6.07, 6.45) is 2.91. The summed E-state index contributed by atoms with van der Waals surface area (Å²) in [5.74, 6) is -0.525. The summed E-state index contributed by atoms with van der Waals surface area (Å²) in [5.41, 5.74) is 6.61. The van der Waals surface area contributed by atoms with Crippen LogP contribution in [0.15, 0.2) is 55.1 Å². The summed E-state index contributed by atoms with van der Waals surface area (Å²) < 4.78 is 0. The highest BCUT2D eigenvalue weighted by Gasteiger charge is 2.00. The van der Waals surface area contributed by atoms with Crippen LogP contribution in [0.4, 0.5) is 0 Å². The minimum absolute atomic E-state index is 0.140. The summed E-state index contributed by atoms with van der Waals surface area (Å²) in [4.78, 5) is 23.3. The Bertz CT molecular complexity index is 510. The number of benzene rings is 1. The second-order valence-corrected chi connectivity index (χ2v) is 5.28. The molecule has 0 aliphatic heterocycles. The molecule has 126 valence electrons. The van der Waals surface area contributed by atoms with E-state index < -0.39 is 0 Å². The summed E-state index contributed by atoms with van der Waals surface area (Å²) in [7, 11) is 3.99. The minimum atomic E-state index is -0.385. The van der Waals surface area contributed by atoms with Gasteiger partial charge in [-0.05, 0) is 45.1 Å². The van der Waals surface area contributed by atoms with Crippen LogP contribution in [0.25, 0.3) is 0 Å². The number of hydrogen-bond acceptors (Lipinski definition) is 3. The van der Waals surface area contributed by atoms with Crippen molar-refractivity contribution in [3.63, 3.8) is 0 Å². The molecule has 1 aromatic rings. The van der Waals surface area contributed by atoms with Crippen LogP contribution in [0.3, 0.4) is 0 Å². The predicted molar refractivity (Wildman–Crippen MR) is 94.6 cm³/mol. The van der Waals surface area contributed by atoms with Crippen molar-refractivity contribution in [1.82, 2.24) is 10.2 Å². The molecule has 0 atom stereocenters. The second kappa shape index (κ2) is 12.2. The van der Waals surface area contributed by atoms with E-state index in [1.807, 2.05) is 44.4 Å². The van der Waals surface area contributed by atoms with Crippen LogP contribution in [0.5, 0.6) is 0 Å². The van der Waals surface area contributed by atoms with Gasteiger partial charge in [-0.2, -0.15) is 0 Å². The van der Waals surface area contributed by atoms with Crippen molar-refractivity contribution in [2.75, 3.05) is 20.6 Å². The van der Waals surface area contributed by atoms with Crippen molar-refractivity contribution >= 4 is 11.8 Å². The molecular weight excluding hydrogens is 290 g/mol. The molecule has 23 heavy (non-hydrogen) atoms. The Morgan fingerprint density at radius 1 is 1.26 bits per heavy atom. The Labute approximate surface area is 138 Å². The molecule has 0 fully saturated rings. The largest absolute Gasteiger partial charge is 0.366 e. The lowest BCUT2D eigenvalue weighted by atomic mass is 10.1. The van der Waals surface area contributed by atoms with Gasteiger partial charge < -0.3 is 16.0 Å². The lowest BCUT2D eigenvalue weighted by Gasteiger charge is -2.08. The summed E-state index contributed by atoms with van der Waals surface area (Å²) >= 11 is 0. The molecule has 5 heteroatoms. The number of hydrogen-bond donors (Lipinski definition) is 2. The van der Waals surface area contributed by atoms with Crippen LogP contribution < -0.4 is 11.1 Å². The maximum Gasteiger partial charge on any atom is 0.244 e. The topological polar surface area (TPSA) is 75.4 Å². The van der Waals surface area contributed by atoms with Crippen LogP contribution in [-0.4, -0.2) is 37.4 Å². The Morgan fingerprint density at radius 3 is 2.35 bits per heavy atom.